The minimum Gasteiger partial charge on any atom is -0.0654 e. The van der Waals surface area contributed by atoms with E-state index in [0.29, 0.717) is 0 Å². The molecule has 1 aliphatic rings. The van der Waals surface area contributed by atoms with Gasteiger partial charge in [0.15, 0.2) is 0 Å². The quantitative estimate of drug-likeness (QED) is 0.536. The second-order valence-electron chi connectivity index (χ2n) is 8.35. The molecule has 0 aromatic heterocycles. The highest BCUT2D eigenvalue weighted by Gasteiger charge is 2.50. The average Bonchev–Trinajstić information content (AvgIpc) is 2.64. The van der Waals surface area contributed by atoms with Crippen molar-refractivity contribution in [1.82, 2.24) is 0 Å². The van der Waals surface area contributed by atoms with Gasteiger partial charge in [-0.3, -0.25) is 0 Å². The van der Waals surface area contributed by atoms with Crippen LogP contribution in [0.5, 0.6) is 0 Å². The van der Waals surface area contributed by atoms with Gasteiger partial charge in [-0.2, -0.15) is 0 Å². The predicted octanol–water partition coefficient (Wildman–Crippen LogP) is 7.35. The van der Waals surface area contributed by atoms with Gasteiger partial charge in [0.25, 0.3) is 0 Å². The molecular formula is C25H34. The molecule has 0 saturated carbocycles. The molecule has 0 N–H and O–H groups in total. The highest BCUT2D eigenvalue weighted by molar-refractivity contribution is 5.79. The molecule has 2 aromatic carbocycles. The fourth-order valence-electron chi connectivity index (χ4n) is 5.18. The second-order valence-corrected chi connectivity index (χ2v) is 8.35. The number of unbranched alkanes of at least 4 members (excludes halogenated alkanes) is 1. The normalized spacial score (nSPS) is 24.7. The van der Waals surface area contributed by atoms with Crippen molar-refractivity contribution in [1.29, 1.82) is 0 Å². The van der Waals surface area contributed by atoms with E-state index in [-0.39, 0.29) is 10.8 Å². The third-order valence-corrected chi connectivity index (χ3v) is 7.24. The Morgan fingerprint density at radius 2 is 1.56 bits per heavy atom. The molecule has 0 spiro atoms. The maximum absolute atomic E-state index is 2.50. The SMILES string of the molecule is CCCCc1ccc2c(c1)-c1cccc(C)c1C(C)(CC)C2(C)CC. The lowest BCUT2D eigenvalue weighted by atomic mass is 9.51. The number of aryl methyl sites for hydroxylation is 2. The number of hydrogen-bond donors (Lipinski definition) is 0. The van der Waals surface area contributed by atoms with E-state index in [4.69, 9.17) is 0 Å². The fraction of sp³-hybridized carbons (Fsp3) is 0.520. The molecule has 25 heavy (non-hydrogen) atoms. The molecule has 3 rings (SSSR count). The van der Waals surface area contributed by atoms with Gasteiger partial charge >= 0.3 is 0 Å². The molecule has 1 aliphatic carbocycles. The summed E-state index contributed by atoms with van der Waals surface area (Å²) in [5, 5.41) is 0. The van der Waals surface area contributed by atoms with Crippen LogP contribution in [0.4, 0.5) is 0 Å². The van der Waals surface area contributed by atoms with Crippen molar-refractivity contribution in [3.8, 4) is 11.1 Å². The fourth-order valence-corrected chi connectivity index (χ4v) is 5.18. The molecule has 0 bridgehead atoms. The molecule has 0 saturated heterocycles. The van der Waals surface area contributed by atoms with Crippen molar-refractivity contribution in [2.75, 3.05) is 0 Å². The molecule has 0 aliphatic heterocycles. The topological polar surface area (TPSA) is 0 Å². The van der Waals surface area contributed by atoms with Gasteiger partial charge in [-0.25, -0.2) is 0 Å². The van der Waals surface area contributed by atoms with E-state index < -0.39 is 0 Å². The largest absolute Gasteiger partial charge is 0.0654 e. The second kappa shape index (κ2) is 6.63. The van der Waals surface area contributed by atoms with Crippen LogP contribution in [0.25, 0.3) is 11.1 Å². The third-order valence-electron chi connectivity index (χ3n) is 7.24. The van der Waals surface area contributed by atoms with Crippen LogP contribution in [0, 0.1) is 6.92 Å². The maximum Gasteiger partial charge on any atom is 0.00251 e. The summed E-state index contributed by atoms with van der Waals surface area (Å²) in [6.07, 6.45) is 6.07. The molecule has 2 aromatic rings. The highest BCUT2D eigenvalue weighted by atomic mass is 14.5. The Labute approximate surface area is 154 Å². The Morgan fingerprint density at radius 1 is 0.840 bits per heavy atom. The van der Waals surface area contributed by atoms with Crippen molar-refractivity contribution in [2.45, 2.75) is 84.5 Å². The van der Waals surface area contributed by atoms with Crippen LogP contribution in [0.2, 0.25) is 0 Å². The Morgan fingerprint density at radius 3 is 2.20 bits per heavy atom. The van der Waals surface area contributed by atoms with Crippen LogP contribution in [-0.4, -0.2) is 0 Å². The summed E-state index contributed by atoms with van der Waals surface area (Å²) in [7, 11) is 0. The predicted molar refractivity (Wildman–Crippen MR) is 111 cm³/mol. The minimum atomic E-state index is 0.180. The third kappa shape index (κ3) is 2.57. The first kappa shape index (κ1) is 18.2. The van der Waals surface area contributed by atoms with Gasteiger partial charge in [0.1, 0.15) is 0 Å². The van der Waals surface area contributed by atoms with Gasteiger partial charge in [0.05, 0.1) is 0 Å². The average molecular weight is 335 g/mol. The molecule has 0 fully saturated rings. The number of benzene rings is 2. The van der Waals surface area contributed by atoms with Crippen molar-refractivity contribution < 1.29 is 0 Å². The highest BCUT2D eigenvalue weighted by Crippen LogP contribution is 2.57. The van der Waals surface area contributed by atoms with Crippen molar-refractivity contribution in [3.05, 3.63) is 58.7 Å². The molecule has 134 valence electrons. The summed E-state index contributed by atoms with van der Waals surface area (Å²) in [6.45, 7) is 14.3. The number of hydrogen-bond acceptors (Lipinski definition) is 0. The lowest BCUT2D eigenvalue weighted by Crippen LogP contribution is -2.47. The van der Waals surface area contributed by atoms with Gasteiger partial charge in [-0.15, -0.1) is 0 Å². The van der Waals surface area contributed by atoms with E-state index in [9.17, 15) is 0 Å². The van der Waals surface area contributed by atoms with E-state index in [1.165, 1.54) is 54.4 Å². The van der Waals surface area contributed by atoms with Crippen molar-refractivity contribution in [3.63, 3.8) is 0 Å². The molecule has 0 heterocycles. The van der Waals surface area contributed by atoms with E-state index >= 15 is 0 Å². The first-order valence-electron chi connectivity index (χ1n) is 10.2. The Kier molecular flexibility index (Phi) is 4.84. The van der Waals surface area contributed by atoms with Crippen LogP contribution in [-0.2, 0) is 17.3 Å². The van der Waals surface area contributed by atoms with E-state index in [1.54, 1.807) is 11.1 Å². The Bertz CT molecular complexity index is 770. The molecule has 0 nitrogen and oxygen atoms in total. The summed E-state index contributed by atoms with van der Waals surface area (Å²) in [5.74, 6) is 0. The summed E-state index contributed by atoms with van der Waals surface area (Å²) >= 11 is 0. The van der Waals surface area contributed by atoms with Gasteiger partial charge in [0.2, 0.25) is 0 Å². The molecular weight excluding hydrogens is 300 g/mol. The molecule has 0 amide bonds. The summed E-state index contributed by atoms with van der Waals surface area (Å²) in [5.41, 5.74) is 9.41. The van der Waals surface area contributed by atoms with Gasteiger partial charge < -0.3 is 0 Å². The lowest BCUT2D eigenvalue weighted by molar-refractivity contribution is 0.230. The first-order chi connectivity index (χ1) is 11.9. The zero-order chi connectivity index (χ0) is 18.2. The first-order valence-corrected chi connectivity index (χ1v) is 10.2. The summed E-state index contributed by atoms with van der Waals surface area (Å²) in [6, 6.07) is 14.2. The number of fused-ring (bicyclic) bond motifs is 3. The van der Waals surface area contributed by atoms with Crippen molar-refractivity contribution in [2.24, 2.45) is 0 Å². The van der Waals surface area contributed by atoms with Gasteiger partial charge in [0, 0.05) is 10.8 Å². The zero-order valence-corrected chi connectivity index (χ0v) is 17.0. The van der Waals surface area contributed by atoms with Crippen LogP contribution in [0.15, 0.2) is 36.4 Å². The molecule has 2 atom stereocenters. The Balaban J connectivity index is 2.31. The summed E-state index contributed by atoms with van der Waals surface area (Å²) in [4.78, 5) is 0. The van der Waals surface area contributed by atoms with Crippen LogP contribution in [0.3, 0.4) is 0 Å². The van der Waals surface area contributed by atoms with E-state index in [1.807, 2.05) is 0 Å². The number of rotatable bonds is 5. The van der Waals surface area contributed by atoms with E-state index in [2.05, 4.69) is 77.9 Å². The standard InChI is InChI=1S/C25H34/c1-7-10-13-19-15-16-22-21(17-19)20-14-11-12-18(4)23(20)25(6,9-3)24(22,5)8-2/h11-12,14-17H,7-10,13H2,1-6H3. The Hall–Kier alpha value is -1.56. The lowest BCUT2D eigenvalue weighted by Gasteiger charge is -2.52. The monoisotopic (exact) mass is 334 g/mol. The van der Waals surface area contributed by atoms with Crippen LogP contribution in [0.1, 0.15) is 82.6 Å². The summed E-state index contributed by atoms with van der Waals surface area (Å²) < 4.78 is 0. The minimum absolute atomic E-state index is 0.180. The van der Waals surface area contributed by atoms with Gasteiger partial charge in [-0.1, -0.05) is 77.4 Å². The van der Waals surface area contributed by atoms with E-state index in [0.717, 1.165) is 0 Å². The molecule has 0 heteroatoms. The van der Waals surface area contributed by atoms with Crippen LogP contribution < -0.4 is 0 Å². The molecule has 2 unspecified atom stereocenters. The molecule has 0 radical (unpaired) electrons. The van der Waals surface area contributed by atoms with Crippen LogP contribution >= 0.6 is 0 Å². The zero-order valence-electron chi connectivity index (χ0n) is 17.0. The maximum atomic E-state index is 2.50. The van der Waals surface area contributed by atoms with Crippen molar-refractivity contribution >= 4 is 0 Å². The smallest absolute Gasteiger partial charge is 0.00251 e. The van der Waals surface area contributed by atoms with Gasteiger partial charge in [-0.05, 0) is 66.0 Å².